The third kappa shape index (κ3) is 5.75. The van der Waals surface area contributed by atoms with Gasteiger partial charge in [-0.25, -0.2) is 0 Å². The van der Waals surface area contributed by atoms with Crippen molar-refractivity contribution in [2.45, 2.75) is 32.7 Å². The molecule has 106 valence electrons. The summed E-state index contributed by atoms with van der Waals surface area (Å²) >= 11 is 0. The minimum absolute atomic E-state index is 0.0689. The van der Waals surface area contributed by atoms with E-state index in [9.17, 15) is 4.79 Å². The van der Waals surface area contributed by atoms with Crippen molar-refractivity contribution in [2.75, 3.05) is 19.8 Å². The van der Waals surface area contributed by atoms with E-state index in [1.54, 1.807) is 4.90 Å². The average molecular weight is 265 g/mol. The topological polar surface area (TPSA) is 49.8 Å². The average Bonchev–Trinajstić information content (AvgIpc) is 2.40. The molecule has 1 N–H and O–H groups in total. The first-order chi connectivity index (χ1) is 9.15. The number of nitrogens with zero attached hydrogens (tertiary/aromatic N) is 1. The molecule has 0 bridgehead atoms. The van der Waals surface area contributed by atoms with Gasteiger partial charge in [-0.1, -0.05) is 18.2 Å². The molecule has 0 aromatic heterocycles. The Hall–Kier alpha value is -1.55. The Bertz CT molecular complexity index is 365. The molecule has 0 atom stereocenters. The molecule has 0 aliphatic rings. The van der Waals surface area contributed by atoms with Crippen molar-refractivity contribution in [1.29, 1.82) is 0 Å². The summed E-state index contributed by atoms with van der Waals surface area (Å²) in [6, 6.07) is 9.62. The molecule has 4 nitrogen and oxygen atoms in total. The van der Waals surface area contributed by atoms with Crippen molar-refractivity contribution in [2.24, 2.45) is 0 Å². The molecule has 19 heavy (non-hydrogen) atoms. The van der Waals surface area contributed by atoms with E-state index in [2.05, 4.69) is 0 Å². The van der Waals surface area contributed by atoms with E-state index in [1.165, 1.54) is 0 Å². The quantitative estimate of drug-likeness (QED) is 0.783. The van der Waals surface area contributed by atoms with Gasteiger partial charge in [-0.2, -0.15) is 0 Å². The predicted octanol–water partition coefficient (Wildman–Crippen LogP) is 2.07. The molecule has 0 spiro atoms. The lowest BCUT2D eigenvalue weighted by molar-refractivity contribution is -0.133. The van der Waals surface area contributed by atoms with Crippen LogP contribution in [-0.4, -0.2) is 41.7 Å². The number of ether oxygens (including phenoxy) is 1. The molecular formula is C15H23NO3. The van der Waals surface area contributed by atoms with E-state index in [0.29, 0.717) is 26.0 Å². The van der Waals surface area contributed by atoms with Crippen LogP contribution in [0.1, 0.15) is 26.7 Å². The highest BCUT2D eigenvalue weighted by Gasteiger charge is 2.16. The molecule has 0 aliphatic carbocycles. The number of hydrogen-bond donors (Lipinski definition) is 1. The summed E-state index contributed by atoms with van der Waals surface area (Å²) in [6.07, 6.45) is 0.974. The van der Waals surface area contributed by atoms with E-state index >= 15 is 0 Å². The van der Waals surface area contributed by atoms with E-state index in [4.69, 9.17) is 9.84 Å². The summed E-state index contributed by atoms with van der Waals surface area (Å²) in [5, 5.41) is 8.84. The van der Waals surface area contributed by atoms with E-state index in [-0.39, 0.29) is 18.6 Å². The Morgan fingerprint density at radius 2 is 2.00 bits per heavy atom. The van der Waals surface area contributed by atoms with Gasteiger partial charge in [-0.3, -0.25) is 4.79 Å². The molecule has 0 saturated heterocycles. The van der Waals surface area contributed by atoms with E-state index in [0.717, 1.165) is 5.75 Å². The van der Waals surface area contributed by atoms with Gasteiger partial charge in [0.1, 0.15) is 5.75 Å². The van der Waals surface area contributed by atoms with Crippen molar-refractivity contribution in [3.63, 3.8) is 0 Å². The zero-order valence-electron chi connectivity index (χ0n) is 11.7. The lowest BCUT2D eigenvalue weighted by atomic mass is 10.2. The second-order valence-electron chi connectivity index (χ2n) is 4.67. The molecule has 0 unspecified atom stereocenters. The van der Waals surface area contributed by atoms with Crippen LogP contribution in [0.4, 0.5) is 0 Å². The van der Waals surface area contributed by atoms with Gasteiger partial charge in [-0.15, -0.1) is 0 Å². The fourth-order valence-electron chi connectivity index (χ4n) is 1.83. The van der Waals surface area contributed by atoms with Gasteiger partial charge in [0.2, 0.25) is 5.91 Å². The van der Waals surface area contributed by atoms with Gasteiger partial charge in [0, 0.05) is 19.2 Å². The van der Waals surface area contributed by atoms with Crippen LogP contribution >= 0.6 is 0 Å². The standard InChI is InChI=1S/C15H23NO3/c1-13(2)16(10-6-11-17)15(18)9-12-19-14-7-4-3-5-8-14/h3-5,7-8,13,17H,6,9-12H2,1-2H3. The highest BCUT2D eigenvalue weighted by molar-refractivity contribution is 5.76. The van der Waals surface area contributed by atoms with Crippen LogP contribution in [-0.2, 0) is 4.79 Å². The SMILES string of the molecule is CC(C)N(CCCO)C(=O)CCOc1ccccc1. The van der Waals surface area contributed by atoms with Crippen LogP contribution < -0.4 is 4.74 Å². The van der Waals surface area contributed by atoms with Crippen LogP contribution in [0.5, 0.6) is 5.75 Å². The largest absolute Gasteiger partial charge is 0.493 e. The lowest BCUT2D eigenvalue weighted by Gasteiger charge is -2.26. The zero-order valence-corrected chi connectivity index (χ0v) is 11.7. The summed E-state index contributed by atoms with van der Waals surface area (Å²) in [4.78, 5) is 13.8. The van der Waals surface area contributed by atoms with Gasteiger partial charge >= 0.3 is 0 Å². The number of carbonyl (C=O) groups excluding carboxylic acids is 1. The Morgan fingerprint density at radius 1 is 1.32 bits per heavy atom. The fourth-order valence-corrected chi connectivity index (χ4v) is 1.83. The van der Waals surface area contributed by atoms with Crippen LogP contribution in [0.3, 0.4) is 0 Å². The van der Waals surface area contributed by atoms with Crippen molar-refractivity contribution < 1.29 is 14.6 Å². The molecule has 1 amide bonds. The maximum absolute atomic E-state index is 12.0. The Morgan fingerprint density at radius 3 is 2.58 bits per heavy atom. The Balaban J connectivity index is 2.35. The monoisotopic (exact) mass is 265 g/mol. The van der Waals surface area contributed by atoms with Crippen LogP contribution in [0.25, 0.3) is 0 Å². The van der Waals surface area contributed by atoms with Gasteiger partial charge in [0.15, 0.2) is 0 Å². The molecule has 0 aliphatic heterocycles. The number of aliphatic hydroxyl groups excluding tert-OH is 1. The second kappa shape index (κ2) is 8.53. The van der Waals surface area contributed by atoms with E-state index < -0.39 is 0 Å². The van der Waals surface area contributed by atoms with Crippen molar-refractivity contribution in [1.82, 2.24) is 4.90 Å². The third-order valence-electron chi connectivity index (χ3n) is 2.83. The molecule has 0 heterocycles. The van der Waals surface area contributed by atoms with E-state index in [1.807, 2.05) is 44.2 Å². The fraction of sp³-hybridized carbons (Fsp3) is 0.533. The summed E-state index contributed by atoms with van der Waals surface area (Å²) in [5.74, 6) is 0.848. The molecule has 4 heteroatoms. The molecular weight excluding hydrogens is 242 g/mol. The molecule has 1 aromatic carbocycles. The summed E-state index contributed by atoms with van der Waals surface area (Å²) in [5.41, 5.74) is 0. The zero-order chi connectivity index (χ0) is 14.1. The second-order valence-corrected chi connectivity index (χ2v) is 4.67. The first-order valence-corrected chi connectivity index (χ1v) is 6.73. The highest BCUT2D eigenvalue weighted by atomic mass is 16.5. The van der Waals surface area contributed by atoms with Crippen molar-refractivity contribution >= 4 is 5.91 Å². The number of rotatable bonds is 8. The Labute approximate surface area is 115 Å². The number of carbonyl (C=O) groups is 1. The summed E-state index contributed by atoms with van der Waals surface area (Å²) < 4.78 is 5.51. The first-order valence-electron chi connectivity index (χ1n) is 6.73. The number of amides is 1. The normalized spacial score (nSPS) is 10.5. The Kier molecular flexibility index (Phi) is 6.97. The first kappa shape index (κ1) is 15.5. The minimum Gasteiger partial charge on any atom is -0.493 e. The third-order valence-corrected chi connectivity index (χ3v) is 2.83. The molecule has 0 fully saturated rings. The van der Waals surface area contributed by atoms with Crippen molar-refractivity contribution in [3.8, 4) is 5.75 Å². The molecule has 0 radical (unpaired) electrons. The number of para-hydroxylation sites is 1. The molecule has 1 rings (SSSR count). The van der Waals surface area contributed by atoms with Crippen LogP contribution in [0.2, 0.25) is 0 Å². The van der Waals surface area contributed by atoms with Crippen molar-refractivity contribution in [3.05, 3.63) is 30.3 Å². The summed E-state index contributed by atoms with van der Waals surface area (Å²) in [7, 11) is 0. The van der Waals surface area contributed by atoms with Gasteiger partial charge in [0.05, 0.1) is 13.0 Å². The number of benzene rings is 1. The lowest BCUT2D eigenvalue weighted by Crippen LogP contribution is -2.38. The maximum Gasteiger partial charge on any atom is 0.226 e. The molecule has 0 saturated carbocycles. The van der Waals surface area contributed by atoms with Gasteiger partial charge in [-0.05, 0) is 32.4 Å². The number of hydrogen-bond acceptors (Lipinski definition) is 3. The van der Waals surface area contributed by atoms with Gasteiger partial charge in [0.25, 0.3) is 0 Å². The smallest absolute Gasteiger partial charge is 0.226 e. The molecule has 1 aromatic rings. The summed E-state index contributed by atoms with van der Waals surface area (Å²) in [6.45, 7) is 5.04. The number of aliphatic hydroxyl groups is 1. The van der Waals surface area contributed by atoms with Crippen LogP contribution in [0.15, 0.2) is 30.3 Å². The van der Waals surface area contributed by atoms with Gasteiger partial charge < -0.3 is 14.7 Å². The maximum atomic E-state index is 12.0. The minimum atomic E-state index is 0.0689. The van der Waals surface area contributed by atoms with Crippen LogP contribution in [0, 0.1) is 0 Å². The highest BCUT2D eigenvalue weighted by Crippen LogP contribution is 2.09. The predicted molar refractivity (Wildman–Crippen MR) is 75.1 cm³/mol.